The van der Waals surface area contributed by atoms with Gasteiger partial charge < -0.3 is 10.6 Å². The van der Waals surface area contributed by atoms with Gasteiger partial charge in [-0.15, -0.1) is 0 Å². The third-order valence-electron chi connectivity index (χ3n) is 5.19. The monoisotopic (exact) mass is 272 g/mol. The second-order valence-corrected chi connectivity index (χ2v) is 6.50. The van der Waals surface area contributed by atoms with Crippen molar-refractivity contribution >= 4 is 5.69 Å². The lowest BCUT2D eigenvalue weighted by Gasteiger charge is -2.29. The number of fused-ring (bicyclic) bond motifs is 1. The first-order valence-corrected chi connectivity index (χ1v) is 8.41. The van der Waals surface area contributed by atoms with Crippen LogP contribution in [0.4, 0.5) is 5.69 Å². The van der Waals surface area contributed by atoms with Crippen LogP contribution in [0, 0.1) is 5.92 Å². The first kappa shape index (κ1) is 13.9. The van der Waals surface area contributed by atoms with Crippen LogP contribution in [0.2, 0.25) is 0 Å². The zero-order chi connectivity index (χ0) is 13.9. The Morgan fingerprint density at radius 1 is 1.10 bits per heavy atom. The van der Waals surface area contributed by atoms with Crippen LogP contribution < -0.4 is 10.6 Å². The van der Waals surface area contributed by atoms with E-state index in [0.29, 0.717) is 6.54 Å². The molecule has 2 nitrogen and oxygen atoms in total. The zero-order valence-corrected chi connectivity index (χ0v) is 12.8. The van der Waals surface area contributed by atoms with E-state index >= 15 is 0 Å². The van der Waals surface area contributed by atoms with Crippen LogP contribution in [0.1, 0.15) is 55.7 Å². The Labute approximate surface area is 123 Å². The molecule has 1 fully saturated rings. The molecule has 2 N–H and O–H groups in total. The molecule has 0 heterocycles. The van der Waals surface area contributed by atoms with Gasteiger partial charge in [-0.25, -0.2) is 0 Å². The molecule has 0 unspecified atom stereocenters. The van der Waals surface area contributed by atoms with Crippen LogP contribution >= 0.6 is 0 Å². The number of hydrogen-bond donors (Lipinski definition) is 1. The molecule has 1 aromatic carbocycles. The number of anilines is 1. The highest BCUT2D eigenvalue weighted by atomic mass is 15.1. The van der Waals surface area contributed by atoms with Gasteiger partial charge in [-0.3, -0.25) is 0 Å². The quantitative estimate of drug-likeness (QED) is 0.886. The molecule has 0 bridgehead atoms. The standard InChI is InChI=1S/C18H28N2/c1-2-20(13-14-6-3-4-7-14)18-11-16-9-5-8-15(16)10-17(18)12-19/h10-11,14H,2-9,12-13,19H2,1H3. The van der Waals surface area contributed by atoms with Crippen LogP contribution in [0.25, 0.3) is 0 Å². The van der Waals surface area contributed by atoms with Crippen molar-refractivity contribution in [1.29, 1.82) is 0 Å². The van der Waals surface area contributed by atoms with Crippen LogP contribution in [0.3, 0.4) is 0 Å². The van der Waals surface area contributed by atoms with E-state index in [1.807, 2.05) is 0 Å². The van der Waals surface area contributed by atoms with Crippen molar-refractivity contribution < 1.29 is 0 Å². The number of benzene rings is 1. The van der Waals surface area contributed by atoms with Gasteiger partial charge in [-0.1, -0.05) is 18.9 Å². The summed E-state index contributed by atoms with van der Waals surface area (Å²) in [7, 11) is 0. The summed E-state index contributed by atoms with van der Waals surface area (Å²) in [5.41, 5.74) is 11.9. The third kappa shape index (κ3) is 2.71. The molecule has 0 saturated heterocycles. The first-order chi connectivity index (χ1) is 9.81. The van der Waals surface area contributed by atoms with Gasteiger partial charge in [-0.05, 0) is 67.7 Å². The maximum atomic E-state index is 6.02. The molecular formula is C18H28N2. The van der Waals surface area contributed by atoms with Crippen molar-refractivity contribution in [2.75, 3.05) is 18.0 Å². The average molecular weight is 272 g/mol. The van der Waals surface area contributed by atoms with Gasteiger partial charge in [0.15, 0.2) is 0 Å². The SMILES string of the molecule is CCN(CC1CCCC1)c1cc2c(cc1CN)CCC2. The van der Waals surface area contributed by atoms with Crippen LogP contribution in [-0.4, -0.2) is 13.1 Å². The maximum Gasteiger partial charge on any atom is 0.0414 e. The van der Waals surface area contributed by atoms with Gasteiger partial charge in [0.1, 0.15) is 0 Å². The fourth-order valence-electron chi connectivity index (χ4n) is 4.02. The van der Waals surface area contributed by atoms with Gasteiger partial charge in [0, 0.05) is 25.3 Å². The van der Waals surface area contributed by atoms with Gasteiger partial charge in [0.25, 0.3) is 0 Å². The molecule has 2 heteroatoms. The largest absolute Gasteiger partial charge is 0.371 e. The fourth-order valence-corrected chi connectivity index (χ4v) is 4.02. The summed E-state index contributed by atoms with van der Waals surface area (Å²) in [5.74, 6) is 0.897. The predicted molar refractivity (Wildman–Crippen MR) is 86.2 cm³/mol. The Hall–Kier alpha value is -1.02. The lowest BCUT2D eigenvalue weighted by atomic mass is 10.0. The van der Waals surface area contributed by atoms with Crippen molar-refractivity contribution in [3.8, 4) is 0 Å². The average Bonchev–Trinajstić information content (AvgIpc) is 3.14. The summed E-state index contributed by atoms with van der Waals surface area (Å²) in [6, 6.07) is 4.83. The number of aryl methyl sites for hydroxylation is 2. The van der Waals surface area contributed by atoms with E-state index in [-0.39, 0.29) is 0 Å². The normalized spacial score (nSPS) is 18.5. The van der Waals surface area contributed by atoms with E-state index in [0.717, 1.165) is 12.5 Å². The van der Waals surface area contributed by atoms with Crippen molar-refractivity contribution in [3.63, 3.8) is 0 Å². The summed E-state index contributed by atoms with van der Waals surface area (Å²) in [5, 5.41) is 0. The number of hydrogen-bond acceptors (Lipinski definition) is 2. The summed E-state index contributed by atoms with van der Waals surface area (Å²) in [6.07, 6.45) is 9.51. The summed E-state index contributed by atoms with van der Waals surface area (Å²) < 4.78 is 0. The molecule has 2 aliphatic rings. The van der Waals surface area contributed by atoms with Crippen molar-refractivity contribution in [3.05, 3.63) is 28.8 Å². The highest BCUT2D eigenvalue weighted by Gasteiger charge is 2.21. The minimum atomic E-state index is 0.670. The van der Waals surface area contributed by atoms with E-state index in [9.17, 15) is 0 Å². The minimum Gasteiger partial charge on any atom is -0.371 e. The molecule has 20 heavy (non-hydrogen) atoms. The topological polar surface area (TPSA) is 29.3 Å². The van der Waals surface area contributed by atoms with Gasteiger partial charge >= 0.3 is 0 Å². The molecule has 0 atom stereocenters. The van der Waals surface area contributed by atoms with Crippen LogP contribution in [0.15, 0.2) is 12.1 Å². The van der Waals surface area contributed by atoms with Crippen molar-refractivity contribution in [2.45, 2.75) is 58.4 Å². The van der Waals surface area contributed by atoms with Gasteiger partial charge in [0.05, 0.1) is 0 Å². The summed E-state index contributed by atoms with van der Waals surface area (Å²) >= 11 is 0. The Bertz CT molecular complexity index is 461. The third-order valence-corrected chi connectivity index (χ3v) is 5.19. The number of rotatable bonds is 5. The molecule has 0 amide bonds. The van der Waals surface area contributed by atoms with Crippen molar-refractivity contribution in [1.82, 2.24) is 0 Å². The lowest BCUT2D eigenvalue weighted by molar-refractivity contribution is 0.535. The highest BCUT2D eigenvalue weighted by Crippen LogP contribution is 2.33. The number of nitrogens with two attached hydrogens (primary N) is 1. The Morgan fingerprint density at radius 2 is 1.80 bits per heavy atom. The van der Waals surface area contributed by atoms with E-state index in [1.54, 1.807) is 11.1 Å². The van der Waals surface area contributed by atoms with Gasteiger partial charge in [0.2, 0.25) is 0 Å². The van der Waals surface area contributed by atoms with E-state index in [2.05, 4.69) is 24.0 Å². The Morgan fingerprint density at radius 3 is 2.45 bits per heavy atom. The maximum absolute atomic E-state index is 6.02. The van der Waals surface area contributed by atoms with Crippen molar-refractivity contribution in [2.24, 2.45) is 11.7 Å². The van der Waals surface area contributed by atoms with Crippen LogP contribution in [-0.2, 0) is 19.4 Å². The highest BCUT2D eigenvalue weighted by molar-refractivity contribution is 5.58. The fraction of sp³-hybridized carbons (Fsp3) is 0.667. The molecule has 0 aromatic heterocycles. The molecule has 0 radical (unpaired) electrons. The van der Waals surface area contributed by atoms with Crippen LogP contribution in [0.5, 0.6) is 0 Å². The Kier molecular flexibility index (Phi) is 4.30. The van der Waals surface area contributed by atoms with E-state index in [1.165, 1.54) is 62.7 Å². The summed E-state index contributed by atoms with van der Waals surface area (Å²) in [6.45, 7) is 5.27. The van der Waals surface area contributed by atoms with Gasteiger partial charge in [-0.2, -0.15) is 0 Å². The second-order valence-electron chi connectivity index (χ2n) is 6.50. The Balaban J connectivity index is 1.85. The molecule has 110 valence electrons. The minimum absolute atomic E-state index is 0.670. The van der Waals surface area contributed by atoms with E-state index in [4.69, 9.17) is 5.73 Å². The second kappa shape index (κ2) is 6.17. The molecule has 2 aliphatic carbocycles. The molecule has 1 aromatic rings. The first-order valence-electron chi connectivity index (χ1n) is 8.41. The molecule has 3 rings (SSSR count). The predicted octanol–water partition coefficient (Wildman–Crippen LogP) is 3.65. The molecule has 1 saturated carbocycles. The molecular weight excluding hydrogens is 244 g/mol. The van der Waals surface area contributed by atoms with E-state index < -0.39 is 0 Å². The lowest BCUT2D eigenvalue weighted by Crippen LogP contribution is -2.29. The zero-order valence-electron chi connectivity index (χ0n) is 12.8. The molecule has 0 aliphatic heterocycles. The molecule has 0 spiro atoms. The smallest absolute Gasteiger partial charge is 0.0414 e. The summed E-state index contributed by atoms with van der Waals surface area (Å²) in [4.78, 5) is 2.58. The number of nitrogens with zero attached hydrogens (tertiary/aromatic N) is 1.